The molecule has 0 unspecified atom stereocenters. The van der Waals surface area contributed by atoms with Crippen molar-refractivity contribution in [1.82, 2.24) is 9.78 Å². The zero-order valence-electron chi connectivity index (χ0n) is 20.2. The van der Waals surface area contributed by atoms with Gasteiger partial charge in [-0.15, -0.1) is 0 Å². The van der Waals surface area contributed by atoms with Crippen molar-refractivity contribution in [2.75, 3.05) is 35.5 Å². The molecule has 0 saturated carbocycles. The van der Waals surface area contributed by atoms with E-state index in [0.29, 0.717) is 39.8 Å². The van der Waals surface area contributed by atoms with Crippen LogP contribution in [0.25, 0.3) is 22.4 Å². The normalized spacial score (nSPS) is 10.5. The summed E-state index contributed by atoms with van der Waals surface area (Å²) in [5.74, 6) is 2.56. The second kappa shape index (κ2) is 10.2. The molecular formula is C27H26N2O6. The lowest BCUT2D eigenvalue weighted by atomic mass is 10.0. The third-order valence-electron chi connectivity index (χ3n) is 5.60. The minimum atomic E-state index is -0.277. The van der Waals surface area contributed by atoms with E-state index in [9.17, 15) is 4.79 Å². The van der Waals surface area contributed by atoms with Crippen LogP contribution in [-0.2, 0) is 0 Å². The van der Waals surface area contributed by atoms with Crippen LogP contribution in [0.3, 0.4) is 0 Å². The fourth-order valence-electron chi connectivity index (χ4n) is 3.76. The lowest BCUT2D eigenvalue weighted by Gasteiger charge is -2.14. The lowest BCUT2D eigenvalue weighted by Crippen LogP contribution is -2.12. The van der Waals surface area contributed by atoms with Crippen LogP contribution in [-0.4, -0.2) is 51.2 Å². The molecule has 0 aliphatic heterocycles. The number of hydrogen-bond donors (Lipinski definition) is 0. The van der Waals surface area contributed by atoms with Crippen molar-refractivity contribution in [3.05, 3.63) is 72.4 Å². The number of hydrogen-bond acceptors (Lipinski definition) is 7. The Kier molecular flexibility index (Phi) is 6.91. The van der Waals surface area contributed by atoms with Crippen LogP contribution in [0.2, 0.25) is 0 Å². The first-order valence-electron chi connectivity index (χ1n) is 10.8. The molecule has 0 saturated heterocycles. The van der Waals surface area contributed by atoms with E-state index >= 15 is 0 Å². The molecule has 0 aliphatic rings. The van der Waals surface area contributed by atoms with Gasteiger partial charge in [-0.05, 0) is 54.1 Å². The van der Waals surface area contributed by atoms with Gasteiger partial charge in [0.15, 0.2) is 11.5 Å². The molecule has 1 aromatic heterocycles. The second-order valence-electron chi connectivity index (χ2n) is 7.51. The van der Waals surface area contributed by atoms with Gasteiger partial charge in [0.1, 0.15) is 17.2 Å². The summed E-state index contributed by atoms with van der Waals surface area (Å²) in [6, 6.07) is 18.0. The molecule has 4 aromatic rings. The molecule has 0 radical (unpaired) electrons. The van der Waals surface area contributed by atoms with E-state index in [1.54, 1.807) is 78.1 Å². The molecule has 0 bridgehead atoms. The topological polar surface area (TPSA) is 81.0 Å². The molecule has 180 valence electrons. The Balaban J connectivity index is 1.88. The second-order valence-corrected chi connectivity index (χ2v) is 7.51. The average molecular weight is 475 g/mol. The summed E-state index contributed by atoms with van der Waals surface area (Å²) in [4.78, 5) is 13.3. The van der Waals surface area contributed by atoms with Crippen LogP contribution in [0.5, 0.6) is 28.7 Å². The Bertz CT molecular complexity index is 1300. The molecule has 1 heterocycles. The summed E-state index contributed by atoms with van der Waals surface area (Å²) < 4.78 is 28.3. The Morgan fingerprint density at radius 3 is 1.71 bits per heavy atom. The summed E-state index contributed by atoms with van der Waals surface area (Å²) in [5, 5.41) is 4.68. The summed E-state index contributed by atoms with van der Waals surface area (Å²) >= 11 is 0. The lowest BCUT2D eigenvalue weighted by molar-refractivity contribution is 0.0945. The van der Waals surface area contributed by atoms with Gasteiger partial charge in [-0.1, -0.05) is 12.1 Å². The van der Waals surface area contributed by atoms with E-state index in [2.05, 4.69) is 5.10 Å². The van der Waals surface area contributed by atoms with Crippen molar-refractivity contribution in [3.8, 4) is 51.1 Å². The molecule has 35 heavy (non-hydrogen) atoms. The molecule has 8 heteroatoms. The van der Waals surface area contributed by atoms with Gasteiger partial charge in [-0.2, -0.15) is 5.10 Å². The maximum atomic E-state index is 13.3. The van der Waals surface area contributed by atoms with Crippen LogP contribution < -0.4 is 23.7 Å². The molecule has 3 aromatic carbocycles. The Morgan fingerprint density at radius 1 is 0.686 bits per heavy atom. The third-order valence-corrected chi connectivity index (χ3v) is 5.60. The fraction of sp³-hybridized carbons (Fsp3) is 0.185. The average Bonchev–Trinajstić information content (AvgIpc) is 3.37. The highest BCUT2D eigenvalue weighted by molar-refractivity contribution is 5.97. The van der Waals surface area contributed by atoms with Gasteiger partial charge < -0.3 is 23.7 Å². The quantitative estimate of drug-likeness (QED) is 0.357. The first kappa shape index (κ1) is 23.7. The number of nitrogens with zero attached hydrogens (tertiary/aromatic N) is 2. The van der Waals surface area contributed by atoms with Crippen LogP contribution in [0, 0.1) is 0 Å². The van der Waals surface area contributed by atoms with Crippen LogP contribution >= 0.6 is 0 Å². The standard InChI is InChI=1S/C27H26N2O6/c1-31-20-10-6-17(7-11-20)22-16-29(27(30)18-8-12-21(32-2)13-9-18)28-25(22)19-14-23(33-3)26(35-5)24(15-19)34-4/h6-16H,1-5H3. The predicted molar refractivity (Wildman–Crippen MR) is 132 cm³/mol. The summed E-state index contributed by atoms with van der Waals surface area (Å²) in [6.45, 7) is 0. The number of ether oxygens (including phenoxy) is 5. The number of rotatable bonds is 8. The van der Waals surface area contributed by atoms with E-state index < -0.39 is 0 Å². The molecule has 0 fully saturated rings. The molecule has 0 N–H and O–H groups in total. The maximum Gasteiger partial charge on any atom is 0.278 e. The van der Waals surface area contributed by atoms with Crippen LogP contribution in [0.4, 0.5) is 0 Å². The van der Waals surface area contributed by atoms with Crippen molar-refractivity contribution in [2.45, 2.75) is 0 Å². The smallest absolute Gasteiger partial charge is 0.278 e. The van der Waals surface area contributed by atoms with Crippen molar-refractivity contribution < 1.29 is 28.5 Å². The molecule has 4 rings (SSSR count). The Hall–Kier alpha value is -4.46. The first-order chi connectivity index (χ1) is 17.0. The fourth-order valence-corrected chi connectivity index (χ4v) is 3.76. The van der Waals surface area contributed by atoms with Crippen LogP contribution in [0.1, 0.15) is 10.4 Å². The third kappa shape index (κ3) is 4.63. The number of carbonyl (C=O) groups excluding carboxylic acids is 1. The van der Waals surface area contributed by atoms with E-state index in [1.807, 2.05) is 24.3 Å². The van der Waals surface area contributed by atoms with E-state index in [-0.39, 0.29) is 5.91 Å². The molecule has 0 aliphatic carbocycles. The van der Waals surface area contributed by atoms with Gasteiger partial charge >= 0.3 is 0 Å². The van der Waals surface area contributed by atoms with Gasteiger partial charge in [0.05, 0.1) is 35.5 Å². The highest BCUT2D eigenvalue weighted by Gasteiger charge is 2.21. The highest BCUT2D eigenvalue weighted by atomic mass is 16.5. The van der Waals surface area contributed by atoms with Gasteiger partial charge in [0.25, 0.3) is 5.91 Å². The predicted octanol–water partition coefficient (Wildman–Crippen LogP) is 4.95. The largest absolute Gasteiger partial charge is 0.497 e. The SMILES string of the molecule is COc1ccc(C(=O)n2cc(-c3ccc(OC)cc3)c(-c3cc(OC)c(OC)c(OC)c3)n2)cc1. The molecule has 0 spiro atoms. The van der Waals surface area contributed by atoms with Crippen molar-refractivity contribution in [2.24, 2.45) is 0 Å². The molecule has 0 amide bonds. The number of carbonyl (C=O) groups is 1. The zero-order chi connectivity index (χ0) is 24.9. The van der Waals surface area contributed by atoms with Gasteiger partial charge in [0.2, 0.25) is 5.75 Å². The summed E-state index contributed by atoms with van der Waals surface area (Å²) in [7, 11) is 7.84. The van der Waals surface area contributed by atoms with Crippen molar-refractivity contribution in [3.63, 3.8) is 0 Å². The Morgan fingerprint density at radius 2 is 1.23 bits per heavy atom. The highest BCUT2D eigenvalue weighted by Crippen LogP contribution is 2.43. The van der Waals surface area contributed by atoms with E-state index in [4.69, 9.17) is 23.7 Å². The molecular weight excluding hydrogens is 448 g/mol. The van der Waals surface area contributed by atoms with Crippen molar-refractivity contribution in [1.29, 1.82) is 0 Å². The van der Waals surface area contributed by atoms with Gasteiger partial charge in [-0.3, -0.25) is 4.79 Å². The zero-order valence-corrected chi connectivity index (χ0v) is 20.2. The minimum Gasteiger partial charge on any atom is -0.497 e. The molecule has 0 atom stereocenters. The van der Waals surface area contributed by atoms with Crippen molar-refractivity contribution >= 4 is 5.91 Å². The number of methoxy groups -OCH3 is 5. The van der Waals surface area contributed by atoms with Gasteiger partial charge in [-0.25, -0.2) is 4.68 Å². The Labute approximate surface area is 203 Å². The van der Waals surface area contributed by atoms with Crippen LogP contribution in [0.15, 0.2) is 66.9 Å². The number of benzene rings is 3. The monoisotopic (exact) mass is 474 g/mol. The van der Waals surface area contributed by atoms with E-state index in [0.717, 1.165) is 16.9 Å². The first-order valence-corrected chi connectivity index (χ1v) is 10.8. The number of aromatic nitrogens is 2. The maximum absolute atomic E-state index is 13.3. The minimum absolute atomic E-state index is 0.277. The summed E-state index contributed by atoms with van der Waals surface area (Å²) in [6.07, 6.45) is 1.72. The van der Waals surface area contributed by atoms with Gasteiger partial charge in [0, 0.05) is 22.9 Å². The van der Waals surface area contributed by atoms with E-state index in [1.165, 1.54) is 4.68 Å². The summed E-state index contributed by atoms with van der Waals surface area (Å²) in [5.41, 5.74) is 3.38. The molecule has 8 nitrogen and oxygen atoms in total.